The smallest absolute Gasteiger partial charge is 0.144 e. The molecule has 0 saturated heterocycles. The Morgan fingerprint density at radius 2 is 1.62 bits per heavy atom. The predicted molar refractivity (Wildman–Crippen MR) is 108 cm³/mol. The largest absolute Gasteiger partial charge is 0.378 e. The van der Waals surface area contributed by atoms with Crippen LogP contribution in [0.3, 0.4) is 0 Å². The van der Waals surface area contributed by atoms with Gasteiger partial charge in [0.1, 0.15) is 11.4 Å². The Bertz CT molecular complexity index is 930. The number of rotatable bonds is 4. The van der Waals surface area contributed by atoms with Gasteiger partial charge in [0.2, 0.25) is 0 Å². The molecule has 0 aliphatic heterocycles. The molecule has 0 fully saturated rings. The molecular weight excluding hydrogens is 417 g/mol. The maximum absolute atomic E-state index is 14.9. The van der Waals surface area contributed by atoms with Crippen molar-refractivity contribution < 1.29 is 9.50 Å². The normalized spacial score (nSPS) is 13.3. The van der Waals surface area contributed by atoms with E-state index in [2.05, 4.69) is 15.9 Å². The molecule has 1 N–H and O–H groups in total. The van der Waals surface area contributed by atoms with Crippen molar-refractivity contribution in [2.24, 2.45) is 0 Å². The van der Waals surface area contributed by atoms with E-state index in [-0.39, 0.29) is 5.56 Å². The van der Waals surface area contributed by atoms with Gasteiger partial charge in [-0.1, -0.05) is 57.9 Å². The van der Waals surface area contributed by atoms with Crippen LogP contribution in [0.5, 0.6) is 0 Å². The van der Waals surface area contributed by atoms with Crippen molar-refractivity contribution in [3.05, 3.63) is 98.7 Å². The van der Waals surface area contributed by atoms with Gasteiger partial charge in [-0.15, -0.1) is 0 Å². The number of halogens is 3. The van der Waals surface area contributed by atoms with Crippen LogP contribution in [0.15, 0.2) is 71.2 Å². The molecule has 2 nitrogen and oxygen atoms in total. The number of nitrogens with zero attached hydrogens (tertiary/aromatic N) is 1. The Labute approximate surface area is 166 Å². The van der Waals surface area contributed by atoms with Gasteiger partial charge in [-0.2, -0.15) is 0 Å². The van der Waals surface area contributed by atoms with Crippen LogP contribution in [0.1, 0.15) is 16.7 Å². The molecule has 26 heavy (non-hydrogen) atoms. The summed E-state index contributed by atoms with van der Waals surface area (Å²) in [6.07, 6.45) is 0. The van der Waals surface area contributed by atoms with Gasteiger partial charge in [0, 0.05) is 40.4 Å². The lowest BCUT2D eigenvalue weighted by Crippen LogP contribution is -2.31. The fraction of sp³-hybridized carbons (Fsp3) is 0.143. The van der Waals surface area contributed by atoms with Crippen LogP contribution in [0, 0.1) is 5.82 Å². The van der Waals surface area contributed by atoms with E-state index >= 15 is 0 Å². The van der Waals surface area contributed by atoms with Gasteiger partial charge in [-0.3, -0.25) is 0 Å². The molecule has 0 heterocycles. The highest BCUT2D eigenvalue weighted by Gasteiger charge is 2.38. The third kappa shape index (κ3) is 3.37. The Kier molecular flexibility index (Phi) is 5.37. The molecule has 0 saturated carbocycles. The quantitative estimate of drug-likeness (QED) is 0.541. The lowest BCUT2D eigenvalue weighted by Gasteiger charge is -2.32. The predicted octanol–water partition coefficient (Wildman–Crippen LogP) is 5.59. The van der Waals surface area contributed by atoms with Crippen molar-refractivity contribution >= 4 is 33.2 Å². The topological polar surface area (TPSA) is 23.5 Å². The van der Waals surface area contributed by atoms with Crippen LogP contribution >= 0.6 is 27.5 Å². The van der Waals surface area contributed by atoms with E-state index in [9.17, 15) is 9.50 Å². The van der Waals surface area contributed by atoms with Crippen LogP contribution in [0.25, 0.3) is 0 Å². The molecule has 0 aliphatic rings. The molecule has 0 spiro atoms. The van der Waals surface area contributed by atoms with Gasteiger partial charge in [0.05, 0.1) is 0 Å². The van der Waals surface area contributed by atoms with E-state index in [0.29, 0.717) is 20.6 Å². The molecule has 0 bridgehead atoms. The van der Waals surface area contributed by atoms with Crippen molar-refractivity contribution in [3.63, 3.8) is 0 Å². The second-order valence-electron chi connectivity index (χ2n) is 6.26. The molecular formula is C21H18BrClFNO. The van der Waals surface area contributed by atoms with E-state index < -0.39 is 11.4 Å². The Balaban J connectivity index is 2.34. The van der Waals surface area contributed by atoms with Gasteiger partial charge < -0.3 is 10.0 Å². The van der Waals surface area contributed by atoms with Crippen LogP contribution in [-0.2, 0) is 5.60 Å². The molecule has 3 rings (SSSR count). The summed E-state index contributed by atoms with van der Waals surface area (Å²) >= 11 is 9.51. The molecule has 0 aromatic heterocycles. The summed E-state index contributed by atoms with van der Waals surface area (Å²) < 4.78 is 15.6. The number of hydrogen-bond acceptors (Lipinski definition) is 2. The van der Waals surface area contributed by atoms with Crippen molar-refractivity contribution in [1.29, 1.82) is 0 Å². The first-order chi connectivity index (χ1) is 12.3. The molecule has 1 atom stereocenters. The lowest BCUT2D eigenvalue weighted by molar-refractivity contribution is 0.120. The minimum atomic E-state index is -1.68. The zero-order chi connectivity index (χ0) is 18.9. The Morgan fingerprint density at radius 3 is 2.23 bits per heavy atom. The second kappa shape index (κ2) is 7.39. The highest BCUT2D eigenvalue weighted by Crippen LogP contribution is 2.42. The van der Waals surface area contributed by atoms with E-state index in [4.69, 9.17) is 11.6 Å². The van der Waals surface area contributed by atoms with Gasteiger partial charge >= 0.3 is 0 Å². The van der Waals surface area contributed by atoms with E-state index in [1.54, 1.807) is 42.5 Å². The minimum Gasteiger partial charge on any atom is -0.378 e. The van der Waals surface area contributed by atoms with Crippen LogP contribution in [0.2, 0.25) is 5.02 Å². The fourth-order valence-electron chi connectivity index (χ4n) is 2.97. The van der Waals surface area contributed by atoms with Crippen molar-refractivity contribution in [3.8, 4) is 0 Å². The average molecular weight is 435 g/mol. The summed E-state index contributed by atoms with van der Waals surface area (Å²) in [6, 6.07) is 18.8. The monoisotopic (exact) mass is 433 g/mol. The average Bonchev–Trinajstić information content (AvgIpc) is 2.62. The van der Waals surface area contributed by atoms with Crippen LogP contribution in [-0.4, -0.2) is 19.2 Å². The van der Waals surface area contributed by atoms with Gasteiger partial charge in [-0.05, 0) is 42.0 Å². The van der Waals surface area contributed by atoms with Gasteiger partial charge in [0.25, 0.3) is 0 Å². The SMILES string of the molecule is CN(C)c1ccc(F)c(C(O)(c2ccc(Cl)cc2)c2ccccc2Br)c1. The summed E-state index contributed by atoms with van der Waals surface area (Å²) in [5, 5.41) is 12.4. The van der Waals surface area contributed by atoms with E-state index in [1.807, 2.05) is 37.2 Å². The molecule has 5 heteroatoms. The number of aliphatic hydroxyl groups is 1. The molecule has 3 aromatic carbocycles. The molecule has 0 amide bonds. The third-order valence-electron chi connectivity index (χ3n) is 4.38. The zero-order valence-corrected chi connectivity index (χ0v) is 16.7. The summed E-state index contributed by atoms with van der Waals surface area (Å²) in [5.41, 5.74) is 0.375. The molecule has 134 valence electrons. The molecule has 3 aromatic rings. The summed E-state index contributed by atoms with van der Waals surface area (Å²) in [4.78, 5) is 1.87. The van der Waals surface area contributed by atoms with E-state index in [0.717, 1.165) is 5.69 Å². The molecule has 1 unspecified atom stereocenters. The zero-order valence-electron chi connectivity index (χ0n) is 14.4. The van der Waals surface area contributed by atoms with Crippen molar-refractivity contribution in [2.45, 2.75) is 5.60 Å². The first-order valence-corrected chi connectivity index (χ1v) is 9.22. The maximum atomic E-state index is 14.9. The number of benzene rings is 3. The van der Waals surface area contributed by atoms with Crippen LogP contribution < -0.4 is 4.90 Å². The minimum absolute atomic E-state index is 0.179. The van der Waals surface area contributed by atoms with Crippen LogP contribution in [0.4, 0.5) is 10.1 Å². The van der Waals surface area contributed by atoms with E-state index in [1.165, 1.54) is 6.07 Å². The fourth-order valence-corrected chi connectivity index (χ4v) is 3.67. The Morgan fingerprint density at radius 1 is 0.962 bits per heavy atom. The summed E-state index contributed by atoms with van der Waals surface area (Å²) in [6.45, 7) is 0. The first-order valence-electron chi connectivity index (χ1n) is 8.05. The van der Waals surface area contributed by atoms with Gasteiger partial charge in [-0.25, -0.2) is 4.39 Å². The van der Waals surface area contributed by atoms with Crippen molar-refractivity contribution in [1.82, 2.24) is 0 Å². The highest BCUT2D eigenvalue weighted by molar-refractivity contribution is 9.10. The molecule has 0 aliphatic carbocycles. The lowest BCUT2D eigenvalue weighted by atomic mass is 9.80. The third-order valence-corrected chi connectivity index (χ3v) is 5.33. The summed E-state index contributed by atoms with van der Waals surface area (Å²) in [5.74, 6) is -0.483. The standard InChI is InChI=1S/C21H18BrClFNO/c1-25(2)16-11-12-20(24)18(13-16)21(26,14-7-9-15(23)10-8-14)17-5-3-4-6-19(17)22/h3-13,26H,1-2H3. The number of anilines is 1. The highest BCUT2D eigenvalue weighted by atomic mass is 79.9. The first kappa shape index (κ1) is 18.9. The molecule has 0 radical (unpaired) electrons. The summed E-state index contributed by atoms with van der Waals surface area (Å²) in [7, 11) is 3.74. The second-order valence-corrected chi connectivity index (χ2v) is 7.55. The maximum Gasteiger partial charge on any atom is 0.144 e. The number of hydrogen-bond donors (Lipinski definition) is 1. The van der Waals surface area contributed by atoms with Gasteiger partial charge in [0.15, 0.2) is 0 Å². The van der Waals surface area contributed by atoms with Crippen molar-refractivity contribution in [2.75, 3.05) is 19.0 Å². The Hall–Kier alpha value is -1.88.